The second kappa shape index (κ2) is 15.2. The smallest absolute Gasteiger partial charge is 0.331 e. The van der Waals surface area contributed by atoms with Crippen molar-refractivity contribution in [3.63, 3.8) is 0 Å². The SMILES string of the molecule is CCNCCCN1c2ccccc2N(c2ccccc2F)S1(=O)=O.CNCCCN1c2ccccc2N(c2cccc(OC)c2)S1(=O)=O. The van der Waals surface area contributed by atoms with Gasteiger partial charge in [0.25, 0.3) is 0 Å². The summed E-state index contributed by atoms with van der Waals surface area (Å²) in [5, 5.41) is 6.23. The van der Waals surface area contributed by atoms with Crippen LogP contribution in [-0.2, 0) is 20.4 Å². The zero-order chi connectivity index (χ0) is 34.3. The lowest BCUT2D eigenvalue weighted by Crippen LogP contribution is -2.37. The molecule has 2 aliphatic rings. The molecule has 256 valence electrons. The van der Waals surface area contributed by atoms with Gasteiger partial charge in [-0.25, -0.2) is 13.0 Å². The Morgan fingerprint density at radius 2 is 1.19 bits per heavy atom. The Hall–Kier alpha value is -4.37. The maximum Gasteiger partial charge on any atom is 0.331 e. The van der Waals surface area contributed by atoms with E-state index >= 15 is 0 Å². The summed E-state index contributed by atoms with van der Waals surface area (Å²) in [4.78, 5) is 0. The summed E-state index contributed by atoms with van der Waals surface area (Å²) in [5.74, 6) is 0.0548. The second-order valence-electron chi connectivity index (χ2n) is 11.0. The first-order valence-corrected chi connectivity index (χ1v) is 18.5. The van der Waals surface area contributed by atoms with Gasteiger partial charge in [0.2, 0.25) is 0 Å². The van der Waals surface area contributed by atoms with Crippen molar-refractivity contribution >= 4 is 54.5 Å². The summed E-state index contributed by atoms with van der Waals surface area (Å²) < 4.78 is 77.1. The molecule has 0 aliphatic carbocycles. The number of methoxy groups -OCH3 is 1. The van der Waals surface area contributed by atoms with Crippen molar-refractivity contribution in [2.75, 3.05) is 64.1 Å². The Balaban J connectivity index is 0.000000188. The number of fused-ring (bicyclic) bond motifs is 2. The van der Waals surface area contributed by atoms with Gasteiger partial charge in [0.1, 0.15) is 11.6 Å². The van der Waals surface area contributed by atoms with Gasteiger partial charge < -0.3 is 15.4 Å². The third-order valence-electron chi connectivity index (χ3n) is 7.87. The molecule has 6 rings (SSSR count). The molecule has 0 atom stereocenters. The number of hydrogen-bond donors (Lipinski definition) is 2. The summed E-state index contributed by atoms with van der Waals surface area (Å²) in [5.41, 5.74) is 3.03. The zero-order valence-electron chi connectivity index (χ0n) is 27.2. The molecule has 0 bridgehead atoms. The molecule has 0 saturated heterocycles. The minimum Gasteiger partial charge on any atom is -0.497 e. The molecule has 0 amide bonds. The Labute approximate surface area is 282 Å². The minimum atomic E-state index is -3.85. The summed E-state index contributed by atoms with van der Waals surface area (Å²) in [6, 6.07) is 27.4. The van der Waals surface area contributed by atoms with E-state index in [2.05, 4.69) is 10.6 Å². The van der Waals surface area contributed by atoms with Gasteiger partial charge in [0.05, 0.1) is 41.2 Å². The van der Waals surface area contributed by atoms with Gasteiger partial charge >= 0.3 is 20.4 Å². The Kier molecular flexibility index (Phi) is 11.1. The van der Waals surface area contributed by atoms with Gasteiger partial charge in [-0.1, -0.05) is 49.4 Å². The molecule has 48 heavy (non-hydrogen) atoms. The Morgan fingerprint density at radius 1 is 0.667 bits per heavy atom. The van der Waals surface area contributed by atoms with E-state index in [4.69, 9.17) is 4.74 Å². The van der Waals surface area contributed by atoms with Crippen LogP contribution in [0, 0.1) is 5.82 Å². The summed E-state index contributed by atoms with van der Waals surface area (Å²) in [7, 11) is -4.09. The monoisotopic (exact) mass is 696 g/mol. The van der Waals surface area contributed by atoms with Crippen LogP contribution in [0.5, 0.6) is 5.75 Å². The maximum absolute atomic E-state index is 14.2. The number of halogens is 1. The fraction of sp³-hybridized carbons (Fsp3) is 0.294. The molecule has 4 aromatic rings. The first-order valence-electron chi connectivity index (χ1n) is 15.7. The Morgan fingerprint density at radius 3 is 1.75 bits per heavy atom. The molecule has 0 unspecified atom stereocenters. The van der Waals surface area contributed by atoms with E-state index < -0.39 is 26.2 Å². The van der Waals surface area contributed by atoms with Crippen LogP contribution in [0.1, 0.15) is 19.8 Å². The quantitative estimate of drug-likeness (QED) is 0.187. The van der Waals surface area contributed by atoms with E-state index in [-0.39, 0.29) is 5.69 Å². The number of anilines is 6. The van der Waals surface area contributed by atoms with Gasteiger partial charge in [-0.05, 0) is 88.1 Å². The second-order valence-corrected chi connectivity index (χ2v) is 14.4. The number of hydrogen-bond acceptors (Lipinski definition) is 7. The number of nitrogens with zero attached hydrogens (tertiary/aromatic N) is 4. The topological polar surface area (TPSA) is 115 Å². The predicted molar refractivity (Wildman–Crippen MR) is 191 cm³/mol. The normalized spacial score (nSPS) is 15.5. The molecule has 0 spiro atoms. The molecule has 0 aromatic heterocycles. The highest BCUT2D eigenvalue weighted by molar-refractivity contribution is 7.95. The lowest BCUT2D eigenvalue weighted by atomic mass is 10.2. The van der Waals surface area contributed by atoms with Crippen LogP contribution < -0.4 is 32.6 Å². The third-order valence-corrected chi connectivity index (χ3v) is 11.5. The van der Waals surface area contributed by atoms with Crippen molar-refractivity contribution in [2.45, 2.75) is 19.8 Å². The number of ether oxygens (including phenoxy) is 1. The number of benzene rings is 4. The van der Waals surface area contributed by atoms with Crippen molar-refractivity contribution in [1.82, 2.24) is 10.6 Å². The van der Waals surface area contributed by atoms with Crippen LogP contribution in [0.25, 0.3) is 0 Å². The molecule has 0 radical (unpaired) electrons. The average Bonchev–Trinajstić information content (AvgIpc) is 3.45. The molecular weight excluding hydrogens is 656 g/mol. The van der Waals surface area contributed by atoms with Gasteiger partial charge in [-0.15, -0.1) is 0 Å². The van der Waals surface area contributed by atoms with Crippen LogP contribution >= 0.6 is 0 Å². The fourth-order valence-corrected chi connectivity index (χ4v) is 9.17. The van der Waals surface area contributed by atoms with Gasteiger partial charge in [-0.2, -0.15) is 16.8 Å². The maximum atomic E-state index is 14.2. The van der Waals surface area contributed by atoms with Crippen LogP contribution in [0.4, 0.5) is 38.5 Å². The molecular formula is C34H41FN6O5S2. The molecule has 2 N–H and O–H groups in total. The minimum absolute atomic E-state index is 0.0409. The molecule has 2 heterocycles. The molecule has 2 aliphatic heterocycles. The summed E-state index contributed by atoms with van der Waals surface area (Å²) in [6.07, 6.45) is 1.41. The first kappa shape index (κ1) is 35.0. The van der Waals surface area contributed by atoms with Gasteiger partial charge in [0.15, 0.2) is 0 Å². The molecule has 0 saturated carbocycles. The largest absolute Gasteiger partial charge is 0.497 e. The average molecular weight is 697 g/mol. The van der Waals surface area contributed by atoms with E-state index in [1.807, 2.05) is 38.2 Å². The van der Waals surface area contributed by atoms with E-state index in [1.165, 1.54) is 25.0 Å². The highest BCUT2D eigenvalue weighted by Crippen LogP contribution is 2.47. The van der Waals surface area contributed by atoms with E-state index in [1.54, 1.807) is 67.8 Å². The number of nitrogens with one attached hydrogen (secondary N) is 2. The van der Waals surface area contributed by atoms with E-state index in [0.717, 1.165) is 30.4 Å². The Bertz CT molecular complexity index is 1930. The molecule has 14 heteroatoms. The first-order chi connectivity index (χ1) is 23.2. The van der Waals surface area contributed by atoms with E-state index in [9.17, 15) is 21.2 Å². The van der Waals surface area contributed by atoms with Crippen LogP contribution in [-0.4, -0.2) is 63.7 Å². The van der Waals surface area contributed by atoms with Crippen LogP contribution in [0.2, 0.25) is 0 Å². The van der Waals surface area contributed by atoms with Crippen molar-refractivity contribution in [2.24, 2.45) is 0 Å². The van der Waals surface area contributed by atoms with Crippen molar-refractivity contribution in [3.8, 4) is 5.75 Å². The van der Waals surface area contributed by atoms with Crippen molar-refractivity contribution in [1.29, 1.82) is 0 Å². The molecule has 0 fully saturated rings. The van der Waals surface area contributed by atoms with Crippen molar-refractivity contribution < 1.29 is 26.0 Å². The standard InChI is InChI=1S/C17H20FN3O2S.C17H21N3O3S/c1-2-19-12-7-13-20-16-10-5-6-11-17(16)21(24(20,22)23)15-9-4-3-8-14(15)18;1-18-11-6-12-19-16-9-3-4-10-17(16)20(24(19,21)22)14-7-5-8-15(13-14)23-2/h3-6,8-11,19H,2,7,12-13H2,1H3;3-5,7-10,13,18H,6,11-12H2,1-2H3. The van der Waals surface area contributed by atoms with Gasteiger partial charge in [-0.3, -0.25) is 8.61 Å². The predicted octanol–water partition coefficient (Wildman–Crippen LogP) is 5.54. The lowest BCUT2D eigenvalue weighted by molar-refractivity contribution is 0.415. The number of para-hydroxylation sites is 5. The lowest BCUT2D eigenvalue weighted by Gasteiger charge is -2.22. The number of rotatable bonds is 12. The zero-order valence-corrected chi connectivity index (χ0v) is 28.8. The van der Waals surface area contributed by atoms with Gasteiger partial charge in [0, 0.05) is 19.2 Å². The summed E-state index contributed by atoms with van der Waals surface area (Å²) >= 11 is 0. The van der Waals surface area contributed by atoms with Crippen LogP contribution in [0.3, 0.4) is 0 Å². The molecule has 4 aromatic carbocycles. The van der Waals surface area contributed by atoms with Crippen molar-refractivity contribution in [3.05, 3.63) is 103 Å². The highest BCUT2D eigenvalue weighted by atomic mass is 32.2. The highest BCUT2D eigenvalue weighted by Gasteiger charge is 2.42. The fourth-order valence-electron chi connectivity index (χ4n) is 5.66. The van der Waals surface area contributed by atoms with Crippen LogP contribution in [0.15, 0.2) is 97.1 Å². The molecule has 11 nitrogen and oxygen atoms in total. The third kappa shape index (κ3) is 6.92. The summed E-state index contributed by atoms with van der Waals surface area (Å²) in [6.45, 7) is 5.10. The van der Waals surface area contributed by atoms with E-state index in [0.29, 0.717) is 53.7 Å².